The van der Waals surface area contributed by atoms with E-state index in [1.807, 2.05) is 19.1 Å². The standard InChI is InChI=1S/C18H28N2O3S/c1-15-2-4-18(5-3-15)24(21,22)19-14-16-6-10-20(11-7-16)17-8-12-23-13-9-17/h2-5,16-17,19H,6-14H2,1H3. The van der Waals surface area contributed by atoms with Crippen LogP contribution in [-0.2, 0) is 14.8 Å². The third kappa shape index (κ3) is 4.57. The molecule has 0 aromatic heterocycles. The van der Waals surface area contributed by atoms with Crippen LogP contribution in [-0.4, -0.2) is 52.2 Å². The Morgan fingerprint density at radius 3 is 2.33 bits per heavy atom. The summed E-state index contributed by atoms with van der Waals surface area (Å²) < 4.78 is 33.0. The fourth-order valence-electron chi connectivity index (χ4n) is 3.60. The van der Waals surface area contributed by atoms with Gasteiger partial charge in [0.05, 0.1) is 4.90 Å². The third-order valence-corrected chi connectivity index (χ3v) is 6.69. The lowest BCUT2D eigenvalue weighted by Gasteiger charge is -2.39. The van der Waals surface area contributed by atoms with E-state index in [0.717, 1.165) is 57.6 Å². The molecule has 134 valence electrons. The molecule has 0 saturated carbocycles. The molecule has 1 aromatic carbocycles. The summed E-state index contributed by atoms with van der Waals surface area (Å²) in [5.74, 6) is 0.432. The van der Waals surface area contributed by atoms with Crippen LogP contribution in [0.4, 0.5) is 0 Å². The molecule has 1 N–H and O–H groups in total. The van der Waals surface area contributed by atoms with E-state index < -0.39 is 10.0 Å². The molecule has 0 bridgehead atoms. The Bertz CT molecular complexity index is 616. The number of piperidine rings is 1. The van der Waals surface area contributed by atoms with Crippen LogP contribution < -0.4 is 4.72 Å². The quantitative estimate of drug-likeness (QED) is 0.882. The molecule has 2 aliphatic rings. The molecular weight excluding hydrogens is 324 g/mol. The van der Waals surface area contributed by atoms with Crippen LogP contribution in [0.2, 0.25) is 0 Å². The maximum Gasteiger partial charge on any atom is 0.240 e. The number of hydrogen-bond acceptors (Lipinski definition) is 4. The van der Waals surface area contributed by atoms with E-state index >= 15 is 0 Å². The monoisotopic (exact) mass is 352 g/mol. The van der Waals surface area contributed by atoms with Gasteiger partial charge in [0.2, 0.25) is 10.0 Å². The first kappa shape index (κ1) is 17.9. The number of hydrogen-bond donors (Lipinski definition) is 1. The summed E-state index contributed by atoms with van der Waals surface area (Å²) in [6, 6.07) is 7.67. The van der Waals surface area contributed by atoms with Gasteiger partial charge in [-0.2, -0.15) is 0 Å². The zero-order valence-electron chi connectivity index (χ0n) is 14.4. The third-order valence-electron chi connectivity index (χ3n) is 5.25. The first-order valence-corrected chi connectivity index (χ1v) is 10.4. The van der Waals surface area contributed by atoms with Crippen LogP contribution in [0.15, 0.2) is 29.2 Å². The molecule has 5 nitrogen and oxygen atoms in total. The lowest BCUT2D eigenvalue weighted by Crippen LogP contribution is -2.45. The smallest absolute Gasteiger partial charge is 0.240 e. The van der Waals surface area contributed by atoms with Crippen molar-refractivity contribution in [2.24, 2.45) is 5.92 Å². The number of aryl methyl sites for hydroxylation is 1. The second-order valence-corrected chi connectivity index (χ2v) is 8.75. The van der Waals surface area contributed by atoms with Gasteiger partial charge in [-0.3, -0.25) is 0 Å². The number of nitrogens with zero attached hydrogens (tertiary/aromatic N) is 1. The lowest BCUT2D eigenvalue weighted by molar-refractivity contribution is 0.0214. The van der Waals surface area contributed by atoms with Crippen LogP contribution in [0.25, 0.3) is 0 Å². The molecule has 2 saturated heterocycles. The minimum Gasteiger partial charge on any atom is -0.381 e. The van der Waals surface area contributed by atoms with E-state index in [2.05, 4.69) is 9.62 Å². The molecule has 0 amide bonds. The summed E-state index contributed by atoms with van der Waals surface area (Å²) in [6.07, 6.45) is 4.39. The van der Waals surface area contributed by atoms with Gasteiger partial charge in [0.1, 0.15) is 0 Å². The summed E-state index contributed by atoms with van der Waals surface area (Å²) in [6.45, 7) is 6.39. The molecule has 0 radical (unpaired) electrons. The Balaban J connectivity index is 1.46. The van der Waals surface area contributed by atoms with Gasteiger partial charge < -0.3 is 9.64 Å². The van der Waals surface area contributed by atoms with Crippen molar-refractivity contribution in [3.05, 3.63) is 29.8 Å². The highest BCUT2D eigenvalue weighted by Crippen LogP contribution is 2.23. The van der Waals surface area contributed by atoms with Gasteiger partial charge in [0.25, 0.3) is 0 Å². The number of benzene rings is 1. The predicted molar refractivity (Wildman–Crippen MR) is 94.5 cm³/mol. The molecule has 0 atom stereocenters. The van der Waals surface area contributed by atoms with Crippen LogP contribution in [0.3, 0.4) is 0 Å². The normalized spacial score (nSPS) is 21.9. The average molecular weight is 353 g/mol. The number of rotatable bonds is 5. The molecule has 2 aliphatic heterocycles. The highest BCUT2D eigenvalue weighted by molar-refractivity contribution is 7.89. The Kier molecular flexibility index (Phi) is 5.92. The van der Waals surface area contributed by atoms with E-state index in [1.165, 1.54) is 0 Å². The molecule has 2 heterocycles. The highest BCUT2D eigenvalue weighted by atomic mass is 32.2. The van der Waals surface area contributed by atoms with Crippen molar-refractivity contribution >= 4 is 10.0 Å². The first-order chi connectivity index (χ1) is 11.5. The van der Waals surface area contributed by atoms with Crippen molar-refractivity contribution in [1.29, 1.82) is 0 Å². The van der Waals surface area contributed by atoms with Crippen molar-refractivity contribution in [3.8, 4) is 0 Å². The molecule has 3 rings (SSSR count). The van der Waals surface area contributed by atoms with Crippen molar-refractivity contribution in [3.63, 3.8) is 0 Å². The topological polar surface area (TPSA) is 58.6 Å². The maximum atomic E-state index is 12.4. The molecular formula is C18H28N2O3S. The molecule has 6 heteroatoms. The van der Waals surface area contributed by atoms with Gasteiger partial charge in [-0.25, -0.2) is 13.1 Å². The lowest BCUT2D eigenvalue weighted by atomic mass is 9.94. The molecule has 24 heavy (non-hydrogen) atoms. The Labute approximate surface area is 145 Å². The van der Waals surface area contributed by atoms with E-state index in [0.29, 0.717) is 23.4 Å². The molecule has 0 aliphatic carbocycles. The number of nitrogens with one attached hydrogen (secondary N) is 1. The molecule has 2 fully saturated rings. The Morgan fingerprint density at radius 1 is 1.08 bits per heavy atom. The van der Waals surface area contributed by atoms with Crippen molar-refractivity contribution < 1.29 is 13.2 Å². The average Bonchev–Trinajstić information content (AvgIpc) is 2.62. The van der Waals surface area contributed by atoms with Crippen molar-refractivity contribution in [1.82, 2.24) is 9.62 Å². The number of likely N-dealkylation sites (tertiary alicyclic amines) is 1. The summed E-state index contributed by atoms with van der Waals surface area (Å²) in [4.78, 5) is 2.92. The van der Waals surface area contributed by atoms with Gasteiger partial charge in [-0.05, 0) is 63.7 Å². The van der Waals surface area contributed by atoms with Crippen LogP contribution in [0.5, 0.6) is 0 Å². The van der Waals surface area contributed by atoms with Crippen molar-refractivity contribution in [2.75, 3.05) is 32.8 Å². The van der Waals surface area contributed by atoms with E-state index in [9.17, 15) is 8.42 Å². The first-order valence-electron chi connectivity index (χ1n) is 8.93. The highest BCUT2D eigenvalue weighted by Gasteiger charge is 2.27. The zero-order chi connectivity index (χ0) is 17.0. The zero-order valence-corrected chi connectivity index (χ0v) is 15.2. The second-order valence-electron chi connectivity index (χ2n) is 6.99. The van der Waals surface area contributed by atoms with Gasteiger partial charge in [-0.1, -0.05) is 17.7 Å². The second kappa shape index (κ2) is 7.95. The largest absolute Gasteiger partial charge is 0.381 e. The molecule has 0 unspecified atom stereocenters. The fourth-order valence-corrected chi connectivity index (χ4v) is 4.72. The number of ether oxygens (including phenoxy) is 1. The minimum absolute atomic E-state index is 0.354. The van der Waals surface area contributed by atoms with E-state index in [4.69, 9.17) is 4.74 Å². The van der Waals surface area contributed by atoms with Gasteiger partial charge in [-0.15, -0.1) is 0 Å². The van der Waals surface area contributed by atoms with Gasteiger partial charge in [0, 0.05) is 25.8 Å². The molecule has 1 aromatic rings. The summed E-state index contributed by atoms with van der Waals surface area (Å²) in [5.41, 5.74) is 1.06. The van der Waals surface area contributed by atoms with Crippen molar-refractivity contribution in [2.45, 2.75) is 43.5 Å². The van der Waals surface area contributed by atoms with E-state index in [-0.39, 0.29) is 0 Å². The van der Waals surface area contributed by atoms with Crippen LogP contribution in [0.1, 0.15) is 31.2 Å². The van der Waals surface area contributed by atoms with Crippen LogP contribution in [0, 0.1) is 12.8 Å². The number of sulfonamides is 1. The van der Waals surface area contributed by atoms with Crippen LogP contribution >= 0.6 is 0 Å². The Hall–Kier alpha value is -0.950. The summed E-state index contributed by atoms with van der Waals surface area (Å²) >= 11 is 0. The fraction of sp³-hybridized carbons (Fsp3) is 0.667. The maximum absolute atomic E-state index is 12.4. The molecule has 0 spiro atoms. The van der Waals surface area contributed by atoms with E-state index in [1.54, 1.807) is 12.1 Å². The minimum atomic E-state index is -3.39. The summed E-state index contributed by atoms with van der Waals surface area (Å²) in [5, 5.41) is 0. The Morgan fingerprint density at radius 2 is 1.71 bits per heavy atom. The SMILES string of the molecule is Cc1ccc(S(=O)(=O)NCC2CCN(C3CCOCC3)CC2)cc1. The van der Waals surface area contributed by atoms with Gasteiger partial charge in [0.15, 0.2) is 0 Å². The van der Waals surface area contributed by atoms with Gasteiger partial charge >= 0.3 is 0 Å². The summed E-state index contributed by atoms with van der Waals surface area (Å²) in [7, 11) is -3.39. The predicted octanol–water partition coefficient (Wildman–Crippen LogP) is 2.16.